The summed E-state index contributed by atoms with van der Waals surface area (Å²) >= 11 is 1.72. The average molecular weight is 433 g/mol. The molecule has 0 bridgehead atoms. The van der Waals surface area contributed by atoms with Crippen molar-refractivity contribution in [1.82, 2.24) is 20.0 Å². The highest BCUT2D eigenvalue weighted by molar-refractivity contribution is 8.00. The number of carbonyl (C=O) groups is 2. The van der Waals surface area contributed by atoms with E-state index in [1.165, 1.54) is 11.1 Å². The van der Waals surface area contributed by atoms with Gasteiger partial charge in [-0.25, -0.2) is 4.79 Å². The Morgan fingerprint density at radius 1 is 1.10 bits per heavy atom. The van der Waals surface area contributed by atoms with E-state index < -0.39 is 0 Å². The predicted octanol–water partition coefficient (Wildman–Crippen LogP) is 3.30. The summed E-state index contributed by atoms with van der Waals surface area (Å²) in [5.74, 6) is 0.777. The van der Waals surface area contributed by atoms with Crippen LogP contribution in [-0.2, 0) is 10.2 Å². The van der Waals surface area contributed by atoms with Gasteiger partial charge in [-0.3, -0.25) is 9.69 Å². The fraction of sp³-hybridized carbons (Fsp3) is 0.652. The van der Waals surface area contributed by atoms with Crippen LogP contribution in [0.1, 0.15) is 50.6 Å². The van der Waals surface area contributed by atoms with Gasteiger partial charge in [0.2, 0.25) is 5.91 Å². The Morgan fingerprint density at radius 3 is 2.37 bits per heavy atom. The Morgan fingerprint density at radius 2 is 1.77 bits per heavy atom. The molecule has 166 valence electrons. The fourth-order valence-electron chi connectivity index (χ4n) is 3.89. The maximum absolute atomic E-state index is 12.5. The quantitative estimate of drug-likeness (QED) is 0.749. The van der Waals surface area contributed by atoms with Crippen LogP contribution < -0.4 is 5.32 Å². The van der Waals surface area contributed by atoms with Crippen LogP contribution in [0.25, 0.3) is 0 Å². The highest BCUT2D eigenvalue weighted by Crippen LogP contribution is 2.39. The van der Waals surface area contributed by atoms with Crippen LogP contribution in [-0.4, -0.2) is 78.2 Å². The molecule has 1 unspecified atom stereocenters. The third-order valence-corrected chi connectivity index (χ3v) is 7.13. The van der Waals surface area contributed by atoms with Gasteiger partial charge in [-0.15, -0.1) is 11.8 Å². The van der Waals surface area contributed by atoms with E-state index in [2.05, 4.69) is 62.2 Å². The second kappa shape index (κ2) is 10.1. The second-order valence-electron chi connectivity index (χ2n) is 9.18. The van der Waals surface area contributed by atoms with E-state index in [1.54, 1.807) is 11.8 Å². The summed E-state index contributed by atoms with van der Waals surface area (Å²) < 4.78 is 0. The van der Waals surface area contributed by atoms with E-state index in [0.717, 1.165) is 52.2 Å². The van der Waals surface area contributed by atoms with Crippen molar-refractivity contribution in [3.63, 3.8) is 0 Å². The largest absolute Gasteiger partial charge is 0.338 e. The van der Waals surface area contributed by atoms with Gasteiger partial charge in [0.15, 0.2) is 0 Å². The van der Waals surface area contributed by atoms with Crippen LogP contribution in [0.2, 0.25) is 0 Å². The molecule has 2 fully saturated rings. The van der Waals surface area contributed by atoms with Crippen LogP contribution >= 0.6 is 11.8 Å². The Kier molecular flexibility index (Phi) is 7.69. The van der Waals surface area contributed by atoms with E-state index >= 15 is 0 Å². The van der Waals surface area contributed by atoms with Crippen molar-refractivity contribution >= 4 is 23.7 Å². The molecule has 3 rings (SSSR count). The van der Waals surface area contributed by atoms with Crippen LogP contribution in [0, 0.1) is 0 Å². The van der Waals surface area contributed by atoms with Gasteiger partial charge >= 0.3 is 6.03 Å². The molecule has 0 aliphatic carbocycles. The molecule has 1 aromatic rings. The van der Waals surface area contributed by atoms with Crippen LogP contribution in [0.15, 0.2) is 24.3 Å². The first kappa shape index (κ1) is 22.9. The van der Waals surface area contributed by atoms with Crippen molar-refractivity contribution in [3.05, 3.63) is 35.4 Å². The summed E-state index contributed by atoms with van der Waals surface area (Å²) in [4.78, 5) is 30.9. The number of benzene rings is 1. The Labute approximate surface area is 185 Å². The molecular formula is C23H36N4O2S. The normalized spacial score (nSPS) is 20.7. The molecule has 2 heterocycles. The van der Waals surface area contributed by atoms with Gasteiger partial charge in [-0.05, 0) is 23.0 Å². The summed E-state index contributed by atoms with van der Waals surface area (Å²) in [7, 11) is 0. The number of nitrogens with zero attached hydrogens (tertiary/aromatic N) is 3. The molecule has 30 heavy (non-hydrogen) atoms. The lowest BCUT2D eigenvalue weighted by molar-refractivity contribution is -0.128. The van der Waals surface area contributed by atoms with Gasteiger partial charge in [-0.1, -0.05) is 52.0 Å². The molecule has 3 amide bonds. The molecule has 0 spiro atoms. The van der Waals surface area contributed by atoms with Crippen molar-refractivity contribution in [2.45, 2.75) is 44.9 Å². The number of hydrogen-bond donors (Lipinski definition) is 1. The van der Waals surface area contributed by atoms with Gasteiger partial charge in [0, 0.05) is 45.8 Å². The first-order chi connectivity index (χ1) is 14.3. The second-order valence-corrected chi connectivity index (χ2v) is 10.3. The first-order valence-electron chi connectivity index (χ1n) is 11.1. The Hall–Kier alpha value is -1.73. The smallest absolute Gasteiger partial charge is 0.317 e. The molecule has 0 saturated carbocycles. The molecule has 7 heteroatoms. The fourth-order valence-corrected chi connectivity index (χ4v) is 5.11. The molecule has 1 aromatic carbocycles. The van der Waals surface area contributed by atoms with Gasteiger partial charge < -0.3 is 15.1 Å². The number of nitrogens with one attached hydrogen (secondary N) is 1. The minimum atomic E-state index is 0.0430. The predicted molar refractivity (Wildman–Crippen MR) is 124 cm³/mol. The molecular weight excluding hydrogens is 396 g/mol. The lowest BCUT2D eigenvalue weighted by Crippen LogP contribution is -2.53. The highest BCUT2D eigenvalue weighted by atomic mass is 32.2. The maximum Gasteiger partial charge on any atom is 0.317 e. The molecule has 6 nitrogen and oxygen atoms in total. The number of piperazine rings is 1. The summed E-state index contributed by atoms with van der Waals surface area (Å²) in [5, 5.41) is 3.05. The molecule has 0 radical (unpaired) electrons. The lowest BCUT2D eigenvalue weighted by Gasteiger charge is -2.36. The van der Waals surface area contributed by atoms with Gasteiger partial charge in [0.05, 0.1) is 5.75 Å². The molecule has 0 aromatic heterocycles. The zero-order chi connectivity index (χ0) is 21.7. The summed E-state index contributed by atoms with van der Waals surface area (Å²) in [5.41, 5.74) is 2.65. The topological polar surface area (TPSA) is 55.9 Å². The third-order valence-electron chi connectivity index (χ3n) is 5.87. The number of hydrogen-bond acceptors (Lipinski definition) is 4. The Balaban J connectivity index is 1.52. The number of carbonyl (C=O) groups excluding carboxylic acids is 2. The number of rotatable bonds is 6. The van der Waals surface area contributed by atoms with Crippen molar-refractivity contribution in [2.24, 2.45) is 0 Å². The molecule has 2 saturated heterocycles. The monoisotopic (exact) mass is 432 g/mol. The van der Waals surface area contributed by atoms with Gasteiger partial charge in [0.25, 0.3) is 0 Å². The van der Waals surface area contributed by atoms with Gasteiger partial charge in [-0.2, -0.15) is 0 Å². The summed E-state index contributed by atoms with van der Waals surface area (Å²) in [6, 6.07) is 8.79. The number of thioether (sulfide) groups is 1. The van der Waals surface area contributed by atoms with E-state index in [0.29, 0.717) is 5.75 Å². The first-order valence-corrected chi connectivity index (χ1v) is 12.1. The molecule has 2 aliphatic heterocycles. The number of urea groups is 1. The van der Waals surface area contributed by atoms with Crippen molar-refractivity contribution in [2.75, 3.05) is 51.6 Å². The van der Waals surface area contributed by atoms with Crippen LogP contribution in [0.3, 0.4) is 0 Å². The zero-order valence-electron chi connectivity index (χ0n) is 18.8. The standard InChI is InChI=1S/C23H36N4O2S/c1-5-10-24-22(29)26-14-11-25(12-15-26)13-16-27-20(28)17-30-21(27)18-6-8-19(9-7-18)23(2,3)4/h6-9,21H,5,10-17H2,1-4H3,(H,24,29). The van der Waals surface area contributed by atoms with E-state index in [1.807, 2.05) is 9.80 Å². The average Bonchev–Trinajstić information content (AvgIpc) is 3.10. The lowest BCUT2D eigenvalue weighted by atomic mass is 9.87. The Bertz CT molecular complexity index is 724. The summed E-state index contributed by atoms with van der Waals surface area (Å²) in [6.07, 6.45) is 0.952. The van der Waals surface area contributed by atoms with Crippen molar-refractivity contribution in [3.8, 4) is 0 Å². The van der Waals surface area contributed by atoms with Crippen LogP contribution in [0.4, 0.5) is 4.79 Å². The number of amides is 3. The zero-order valence-corrected chi connectivity index (χ0v) is 19.6. The highest BCUT2D eigenvalue weighted by Gasteiger charge is 2.33. The van der Waals surface area contributed by atoms with Crippen molar-refractivity contribution < 1.29 is 9.59 Å². The minimum Gasteiger partial charge on any atom is -0.338 e. The molecule has 1 N–H and O–H groups in total. The SMILES string of the molecule is CCCNC(=O)N1CCN(CCN2C(=O)CSC2c2ccc(C(C)(C)C)cc2)CC1. The van der Waals surface area contributed by atoms with Crippen molar-refractivity contribution in [1.29, 1.82) is 0 Å². The van der Waals surface area contributed by atoms with Gasteiger partial charge in [0.1, 0.15) is 5.37 Å². The summed E-state index contributed by atoms with van der Waals surface area (Å²) in [6.45, 7) is 14.2. The third kappa shape index (κ3) is 5.70. The van der Waals surface area contributed by atoms with E-state index in [-0.39, 0.29) is 22.7 Å². The minimum absolute atomic E-state index is 0.0430. The van der Waals surface area contributed by atoms with E-state index in [4.69, 9.17) is 0 Å². The van der Waals surface area contributed by atoms with Crippen LogP contribution in [0.5, 0.6) is 0 Å². The maximum atomic E-state index is 12.5. The molecule has 2 aliphatic rings. The molecule has 1 atom stereocenters. The van der Waals surface area contributed by atoms with E-state index in [9.17, 15) is 9.59 Å².